The maximum atomic E-state index is 11.6. The summed E-state index contributed by atoms with van der Waals surface area (Å²) in [7, 11) is 0. The summed E-state index contributed by atoms with van der Waals surface area (Å²) >= 11 is 0. The van der Waals surface area contributed by atoms with Crippen LogP contribution in [-0.2, 0) is 9.59 Å². The van der Waals surface area contributed by atoms with Gasteiger partial charge < -0.3 is 5.32 Å². The lowest BCUT2D eigenvalue weighted by Crippen LogP contribution is -2.41. The van der Waals surface area contributed by atoms with Gasteiger partial charge in [0.1, 0.15) is 0 Å². The maximum Gasteiger partial charge on any atom is 0.229 e. The molecule has 4 nitrogen and oxygen atoms in total. The lowest BCUT2D eigenvalue weighted by molar-refractivity contribution is -0.143. The number of imide groups is 1. The number of likely N-dealkylation sites (tertiary alicyclic amines) is 1. The van der Waals surface area contributed by atoms with Gasteiger partial charge in [-0.1, -0.05) is 13.8 Å². The SMILES string of the molecule is CC(C)NCCN1C(=O)CCCCC1=O. The van der Waals surface area contributed by atoms with Gasteiger partial charge in [0.15, 0.2) is 0 Å². The Morgan fingerprint density at radius 1 is 1.20 bits per heavy atom. The van der Waals surface area contributed by atoms with Crippen LogP contribution < -0.4 is 5.32 Å². The molecule has 1 rings (SSSR count). The van der Waals surface area contributed by atoms with Gasteiger partial charge in [0.05, 0.1) is 0 Å². The highest BCUT2D eigenvalue weighted by molar-refractivity contribution is 5.95. The number of hydrogen-bond acceptors (Lipinski definition) is 3. The van der Waals surface area contributed by atoms with E-state index in [1.165, 1.54) is 4.90 Å². The molecule has 0 unspecified atom stereocenters. The van der Waals surface area contributed by atoms with E-state index < -0.39 is 0 Å². The second kappa shape index (κ2) is 5.85. The first-order chi connectivity index (χ1) is 7.11. The van der Waals surface area contributed by atoms with E-state index in [0.29, 0.717) is 32.0 Å². The molecule has 0 aromatic rings. The van der Waals surface area contributed by atoms with Crippen molar-refractivity contribution in [3.63, 3.8) is 0 Å². The van der Waals surface area contributed by atoms with Gasteiger partial charge in [0.2, 0.25) is 11.8 Å². The minimum absolute atomic E-state index is 0.0111. The number of nitrogens with zero attached hydrogens (tertiary/aromatic N) is 1. The molecule has 1 aliphatic rings. The second-order valence-corrected chi connectivity index (χ2v) is 4.26. The Kier molecular flexibility index (Phi) is 4.75. The van der Waals surface area contributed by atoms with E-state index >= 15 is 0 Å². The van der Waals surface area contributed by atoms with E-state index in [1.807, 2.05) is 13.8 Å². The first-order valence-electron chi connectivity index (χ1n) is 5.68. The summed E-state index contributed by atoms with van der Waals surface area (Å²) in [5, 5.41) is 3.21. The van der Waals surface area contributed by atoms with Crippen LogP contribution >= 0.6 is 0 Å². The highest BCUT2D eigenvalue weighted by Crippen LogP contribution is 2.11. The Morgan fingerprint density at radius 3 is 2.20 bits per heavy atom. The van der Waals surface area contributed by atoms with Crippen LogP contribution in [0.2, 0.25) is 0 Å². The average Bonchev–Trinajstić information content (AvgIpc) is 2.31. The molecule has 2 amide bonds. The molecule has 0 aromatic carbocycles. The molecule has 15 heavy (non-hydrogen) atoms. The van der Waals surface area contributed by atoms with Crippen molar-refractivity contribution in [2.45, 2.75) is 45.6 Å². The summed E-state index contributed by atoms with van der Waals surface area (Å²) in [4.78, 5) is 24.6. The van der Waals surface area contributed by atoms with E-state index in [0.717, 1.165) is 12.8 Å². The molecule has 0 atom stereocenters. The number of hydrogen-bond donors (Lipinski definition) is 1. The quantitative estimate of drug-likeness (QED) is 0.705. The average molecular weight is 212 g/mol. The summed E-state index contributed by atoms with van der Waals surface area (Å²) in [6.45, 7) is 5.29. The zero-order valence-electron chi connectivity index (χ0n) is 9.58. The smallest absolute Gasteiger partial charge is 0.229 e. The van der Waals surface area contributed by atoms with Crippen LogP contribution in [0.3, 0.4) is 0 Å². The standard InChI is InChI=1S/C11H20N2O2/c1-9(2)12-7-8-13-10(14)5-3-4-6-11(13)15/h9,12H,3-8H2,1-2H3. The van der Waals surface area contributed by atoms with Crippen molar-refractivity contribution >= 4 is 11.8 Å². The van der Waals surface area contributed by atoms with Gasteiger partial charge in [-0.2, -0.15) is 0 Å². The van der Waals surface area contributed by atoms with E-state index in [4.69, 9.17) is 0 Å². The largest absolute Gasteiger partial charge is 0.313 e. The third-order valence-electron chi connectivity index (χ3n) is 2.52. The van der Waals surface area contributed by atoms with Crippen molar-refractivity contribution in [1.29, 1.82) is 0 Å². The summed E-state index contributed by atoms with van der Waals surface area (Å²) in [6, 6.07) is 0.391. The van der Waals surface area contributed by atoms with Crippen molar-refractivity contribution in [2.24, 2.45) is 0 Å². The monoisotopic (exact) mass is 212 g/mol. The molecule has 1 aliphatic heterocycles. The van der Waals surface area contributed by atoms with Gasteiger partial charge in [0.25, 0.3) is 0 Å². The van der Waals surface area contributed by atoms with Crippen LogP contribution in [0, 0.1) is 0 Å². The van der Waals surface area contributed by atoms with Crippen molar-refractivity contribution in [1.82, 2.24) is 10.2 Å². The second-order valence-electron chi connectivity index (χ2n) is 4.26. The van der Waals surface area contributed by atoms with Gasteiger partial charge >= 0.3 is 0 Å². The van der Waals surface area contributed by atoms with Crippen molar-refractivity contribution in [2.75, 3.05) is 13.1 Å². The van der Waals surface area contributed by atoms with Crippen LogP contribution in [0.4, 0.5) is 0 Å². The third kappa shape index (κ3) is 4.00. The van der Waals surface area contributed by atoms with Crippen LogP contribution in [0.5, 0.6) is 0 Å². The highest BCUT2D eigenvalue weighted by Gasteiger charge is 2.23. The molecule has 0 radical (unpaired) electrons. The number of carbonyl (C=O) groups excluding carboxylic acids is 2. The lowest BCUT2D eigenvalue weighted by atomic mass is 10.2. The van der Waals surface area contributed by atoms with Crippen LogP contribution in [0.25, 0.3) is 0 Å². The molecule has 0 spiro atoms. The Labute approximate surface area is 91.0 Å². The molecule has 1 saturated heterocycles. The molecular formula is C11H20N2O2. The fourth-order valence-electron chi connectivity index (χ4n) is 1.68. The topological polar surface area (TPSA) is 49.4 Å². The third-order valence-corrected chi connectivity index (χ3v) is 2.52. The van der Waals surface area contributed by atoms with Gasteiger partial charge in [-0.15, -0.1) is 0 Å². The number of carbonyl (C=O) groups is 2. The zero-order chi connectivity index (χ0) is 11.3. The predicted octanol–water partition coefficient (Wildman–Crippen LogP) is 0.914. The minimum atomic E-state index is -0.0111. The Hall–Kier alpha value is -0.900. The summed E-state index contributed by atoms with van der Waals surface area (Å²) in [6.07, 6.45) is 2.73. The molecule has 0 bridgehead atoms. The normalized spacial score (nSPS) is 18.5. The fourth-order valence-corrected chi connectivity index (χ4v) is 1.68. The first kappa shape index (κ1) is 12.2. The van der Waals surface area contributed by atoms with Crippen LogP contribution in [-0.4, -0.2) is 35.8 Å². The molecule has 4 heteroatoms. The predicted molar refractivity (Wildman–Crippen MR) is 58.3 cm³/mol. The molecular weight excluding hydrogens is 192 g/mol. The zero-order valence-corrected chi connectivity index (χ0v) is 9.58. The van der Waals surface area contributed by atoms with Crippen molar-refractivity contribution < 1.29 is 9.59 Å². The highest BCUT2D eigenvalue weighted by atomic mass is 16.2. The Balaban J connectivity index is 2.41. The van der Waals surface area contributed by atoms with E-state index in [2.05, 4.69) is 5.32 Å². The molecule has 0 saturated carbocycles. The summed E-state index contributed by atoms with van der Waals surface area (Å²) in [5.41, 5.74) is 0. The Morgan fingerprint density at radius 2 is 1.73 bits per heavy atom. The minimum Gasteiger partial charge on any atom is -0.313 e. The number of amides is 2. The van der Waals surface area contributed by atoms with Gasteiger partial charge in [-0.05, 0) is 12.8 Å². The maximum absolute atomic E-state index is 11.6. The molecule has 1 N–H and O–H groups in total. The molecule has 1 fully saturated rings. The molecule has 0 aliphatic carbocycles. The van der Waals surface area contributed by atoms with Crippen LogP contribution in [0.1, 0.15) is 39.5 Å². The van der Waals surface area contributed by atoms with Crippen LogP contribution in [0.15, 0.2) is 0 Å². The number of nitrogens with one attached hydrogen (secondary N) is 1. The molecule has 1 heterocycles. The van der Waals surface area contributed by atoms with E-state index in [1.54, 1.807) is 0 Å². The summed E-state index contributed by atoms with van der Waals surface area (Å²) in [5.74, 6) is -0.0221. The Bertz CT molecular complexity index is 221. The molecule has 86 valence electrons. The first-order valence-corrected chi connectivity index (χ1v) is 5.68. The van der Waals surface area contributed by atoms with Crippen molar-refractivity contribution in [3.05, 3.63) is 0 Å². The van der Waals surface area contributed by atoms with E-state index in [9.17, 15) is 9.59 Å². The van der Waals surface area contributed by atoms with Gasteiger partial charge in [-0.25, -0.2) is 0 Å². The van der Waals surface area contributed by atoms with E-state index in [-0.39, 0.29) is 11.8 Å². The molecule has 0 aromatic heterocycles. The van der Waals surface area contributed by atoms with Crippen molar-refractivity contribution in [3.8, 4) is 0 Å². The number of rotatable bonds is 4. The van der Waals surface area contributed by atoms with Gasteiger partial charge in [-0.3, -0.25) is 14.5 Å². The summed E-state index contributed by atoms with van der Waals surface area (Å²) < 4.78 is 0. The van der Waals surface area contributed by atoms with Gasteiger partial charge in [0, 0.05) is 32.0 Å². The fraction of sp³-hybridized carbons (Fsp3) is 0.818. The lowest BCUT2D eigenvalue weighted by Gasteiger charge is -2.19.